The van der Waals surface area contributed by atoms with Crippen LogP contribution in [0.5, 0.6) is 0 Å². The molecule has 0 spiro atoms. The highest BCUT2D eigenvalue weighted by Crippen LogP contribution is 2.27. The minimum absolute atomic E-state index is 0.0695. The number of benzene rings is 2. The lowest BCUT2D eigenvalue weighted by Gasteiger charge is -2.30. The van der Waals surface area contributed by atoms with E-state index < -0.39 is 10.0 Å². The van der Waals surface area contributed by atoms with Gasteiger partial charge >= 0.3 is 0 Å². The van der Waals surface area contributed by atoms with Gasteiger partial charge < -0.3 is 5.32 Å². The first-order valence-corrected chi connectivity index (χ1v) is 11.4. The summed E-state index contributed by atoms with van der Waals surface area (Å²) in [6, 6.07) is 14.3. The monoisotopic (exact) mass is 412 g/mol. The quantitative estimate of drug-likeness (QED) is 0.705. The van der Waals surface area contributed by atoms with Crippen molar-refractivity contribution in [2.24, 2.45) is 0 Å². The Balaban J connectivity index is 1.63. The number of nitrogens with one attached hydrogen (secondary N) is 1. The van der Waals surface area contributed by atoms with E-state index in [4.69, 9.17) is 0 Å². The maximum atomic E-state index is 12.9. The first-order valence-electron chi connectivity index (χ1n) is 10.00. The molecule has 1 aliphatic rings. The molecule has 0 atom stereocenters. The Labute approximate surface area is 173 Å². The van der Waals surface area contributed by atoms with Crippen LogP contribution in [0.4, 0.5) is 5.69 Å². The Morgan fingerprint density at radius 3 is 2.24 bits per heavy atom. The summed E-state index contributed by atoms with van der Waals surface area (Å²) in [5.41, 5.74) is 2.66. The molecule has 0 bridgehead atoms. The topological polar surface area (TPSA) is 66.5 Å². The van der Waals surface area contributed by atoms with Crippen LogP contribution < -0.4 is 5.32 Å². The zero-order chi connectivity index (χ0) is 20.9. The molecule has 154 valence electrons. The van der Waals surface area contributed by atoms with Crippen LogP contribution in [0.15, 0.2) is 59.5 Å². The molecule has 1 amide bonds. The van der Waals surface area contributed by atoms with Gasteiger partial charge in [0.1, 0.15) is 0 Å². The SMILES string of the molecule is Cc1ccc(C=CC(=O)Nc2ccc(S(=O)(=O)N(C)C3CCCCC3)cc2)cc1. The normalized spacial score (nSPS) is 15.7. The third-order valence-corrected chi connectivity index (χ3v) is 7.32. The van der Waals surface area contributed by atoms with Gasteiger partial charge in [0.25, 0.3) is 0 Å². The maximum absolute atomic E-state index is 12.9. The van der Waals surface area contributed by atoms with E-state index in [1.165, 1.54) is 16.8 Å². The fourth-order valence-electron chi connectivity index (χ4n) is 3.55. The average molecular weight is 413 g/mol. The highest BCUT2D eigenvalue weighted by molar-refractivity contribution is 7.89. The summed E-state index contributed by atoms with van der Waals surface area (Å²) in [4.78, 5) is 12.4. The van der Waals surface area contributed by atoms with Crippen molar-refractivity contribution >= 4 is 27.7 Å². The molecule has 1 aliphatic carbocycles. The minimum atomic E-state index is -3.53. The van der Waals surface area contributed by atoms with E-state index in [0.717, 1.165) is 36.8 Å². The number of carbonyl (C=O) groups is 1. The summed E-state index contributed by atoms with van der Waals surface area (Å²) in [5, 5.41) is 2.76. The minimum Gasteiger partial charge on any atom is -0.323 e. The Kier molecular flexibility index (Phi) is 6.87. The predicted octanol–water partition coefficient (Wildman–Crippen LogP) is 4.60. The van der Waals surface area contributed by atoms with Crippen molar-refractivity contribution in [1.29, 1.82) is 0 Å². The second kappa shape index (κ2) is 9.37. The smallest absolute Gasteiger partial charge is 0.248 e. The molecular formula is C23H28N2O3S. The lowest BCUT2D eigenvalue weighted by atomic mass is 9.96. The molecule has 1 fully saturated rings. The lowest BCUT2D eigenvalue weighted by Crippen LogP contribution is -2.38. The van der Waals surface area contributed by atoms with Gasteiger partial charge in [-0.1, -0.05) is 49.1 Å². The van der Waals surface area contributed by atoms with Crippen LogP contribution in [-0.2, 0) is 14.8 Å². The number of aryl methyl sites for hydroxylation is 1. The van der Waals surface area contributed by atoms with Crippen LogP contribution in [0.1, 0.15) is 43.2 Å². The average Bonchev–Trinajstić information content (AvgIpc) is 2.74. The van der Waals surface area contributed by atoms with E-state index >= 15 is 0 Å². The molecule has 1 saturated carbocycles. The maximum Gasteiger partial charge on any atom is 0.248 e. The molecule has 0 saturated heterocycles. The van der Waals surface area contributed by atoms with E-state index in [1.54, 1.807) is 37.4 Å². The van der Waals surface area contributed by atoms with Gasteiger partial charge in [-0.3, -0.25) is 4.79 Å². The Morgan fingerprint density at radius 2 is 1.62 bits per heavy atom. The molecular weight excluding hydrogens is 384 g/mol. The molecule has 6 heteroatoms. The van der Waals surface area contributed by atoms with Crippen molar-refractivity contribution in [3.63, 3.8) is 0 Å². The Bertz CT molecular complexity index is 958. The first-order chi connectivity index (χ1) is 13.9. The Morgan fingerprint density at radius 1 is 1.00 bits per heavy atom. The molecule has 0 aromatic heterocycles. The third kappa shape index (κ3) is 5.55. The van der Waals surface area contributed by atoms with Crippen molar-refractivity contribution in [2.45, 2.75) is 50.0 Å². The second-order valence-corrected chi connectivity index (χ2v) is 9.57. The van der Waals surface area contributed by atoms with E-state index in [-0.39, 0.29) is 16.8 Å². The summed E-state index contributed by atoms with van der Waals surface area (Å²) >= 11 is 0. The van der Waals surface area contributed by atoms with Crippen LogP contribution in [-0.4, -0.2) is 31.7 Å². The van der Waals surface area contributed by atoms with E-state index in [2.05, 4.69) is 5.32 Å². The molecule has 1 N–H and O–H groups in total. The van der Waals surface area contributed by atoms with Crippen molar-refractivity contribution < 1.29 is 13.2 Å². The lowest BCUT2D eigenvalue weighted by molar-refractivity contribution is -0.111. The van der Waals surface area contributed by atoms with Crippen LogP contribution >= 0.6 is 0 Å². The summed E-state index contributed by atoms with van der Waals surface area (Å²) in [7, 11) is -1.86. The third-order valence-electron chi connectivity index (χ3n) is 5.39. The molecule has 0 heterocycles. The second-order valence-electron chi connectivity index (χ2n) is 7.57. The number of anilines is 1. The van der Waals surface area contributed by atoms with Crippen molar-refractivity contribution in [3.05, 3.63) is 65.7 Å². The number of rotatable bonds is 6. The van der Waals surface area contributed by atoms with Gasteiger partial charge in [-0.2, -0.15) is 4.31 Å². The van der Waals surface area contributed by atoms with Crippen molar-refractivity contribution in [1.82, 2.24) is 4.31 Å². The fourth-order valence-corrected chi connectivity index (χ4v) is 4.97. The molecule has 5 nitrogen and oxygen atoms in total. The molecule has 0 unspecified atom stereocenters. The van der Waals surface area contributed by atoms with Gasteiger partial charge in [-0.05, 0) is 55.7 Å². The van der Waals surface area contributed by atoms with Gasteiger partial charge in [0.15, 0.2) is 0 Å². The first kappa shape index (κ1) is 21.3. The molecule has 2 aromatic carbocycles. The summed E-state index contributed by atoms with van der Waals surface area (Å²) < 4.78 is 27.3. The fraction of sp³-hybridized carbons (Fsp3) is 0.348. The van der Waals surface area contributed by atoms with Crippen molar-refractivity contribution in [2.75, 3.05) is 12.4 Å². The van der Waals surface area contributed by atoms with Gasteiger partial charge in [0.05, 0.1) is 4.90 Å². The Hall–Kier alpha value is -2.44. The summed E-state index contributed by atoms with van der Waals surface area (Å²) in [6.07, 6.45) is 8.36. The summed E-state index contributed by atoms with van der Waals surface area (Å²) in [6.45, 7) is 2.01. The molecule has 3 rings (SSSR count). The van der Waals surface area contributed by atoms with Crippen LogP contribution in [0.3, 0.4) is 0 Å². The van der Waals surface area contributed by atoms with Gasteiger partial charge in [0.2, 0.25) is 15.9 Å². The largest absolute Gasteiger partial charge is 0.323 e. The summed E-state index contributed by atoms with van der Waals surface area (Å²) in [5.74, 6) is -0.263. The zero-order valence-electron chi connectivity index (χ0n) is 17.0. The van der Waals surface area contributed by atoms with E-state index in [1.807, 2.05) is 31.2 Å². The number of sulfonamides is 1. The van der Waals surface area contributed by atoms with Crippen molar-refractivity contribution in [3.8, 4) is 0 Å². The molecule has 29 heavy (non-hydrogen) atoms. The predicted molar refractivity (Wildman–Crippen MR) is 117 cm³/mol. The highest BCUT2D eigenvalue weighted by Gasteiger charge is 2.28. The number of amides is 1. The van der Waals surface area contributed by atoms with Gasteiger partial charge in [-0.25, -0.2) is 8.42 Å². The number of hydrogen-bond donors (Lipinski definition) is 1. The molecule has 0 aliphatic heterocycles. The number of carbonyl (C=O) groups excluding carboxylic acids is 1. The van der Waals surface area contributed by atoms with Gasteiger partial charge in [0, 0.05) is 24.9 Å². The van der Waals surface area contributed by atoms with Crippen LogP contribution in [0, 0.1) is 6.92 Å². The van der Waals surface area contributed by atoms with E-state index in [9.17, 15) is 13.2 Å². The van der Waals surface area contributed by atoms with Crippen LogP contribution in [0.2, 0.25) is 0 Å². The standard InChI is InChI=1S/C23H28N2O3S/c1-18-8-10-19(11-9-18)12-17-23(26)24-20-13-15-22(16-14-20)29(27,28)25(2)21-6-4-3-5-7-21/h8-17,21H,3-7H2,1-2H3,(H,24,26). The van der Waals surface area contributed by atoms with E-state index in [0.29, 0.717) is 5.69 Å². The molecule has 2 aromatic rings. The van der Waals surface area contributed by atoms with Gasteiger partial charge in [-0.15, -0.1) is 0 Å². The number of nitrogens with zero attached hydrogens (tertiary/aromatic N) is 1. The molecule has 0 radical (unpaired) electrons. The number of hydrogen-bond acceptors (Lipinski definition) is 3. The highest BCUT2D eigenvalue weighted by atomic mass is 32.2. The zero-order valence-corrected chi connectivity index (χ0v) is 17.8. The van der Waals surface area contributed by atoms with Crippen LogP contribution in [0.25, 0.3) is 6.08 Å².